The van der Waals surface area contributed by atoms with Gasteiger partial charge >= 0.3 is 5.97 Å². The number of carbonyl (C=O) groups is 1. The molecular weight excluding hydrogens is 380 g/mol. The number of esters is 1. The van der Waals surface area contributed by atoms with E-state index in [0.29, 0.717) is 0 Å². The van der Waals surface area contributed by atoms with Crippen molar-refractivity contribution < 1.29 is 54.4 Å². The van der Waals surface area contributed by atoms with Crippen LogP contribution in [-0.2, 0) is 23.7 Å². The highest BCUT2D eigenvalue weighted by molar-refractivity contribution is 5.66. The van der Waals surface area contributed by atoms with Gasteiger partial charge in [-0.05, 0) is 13.0 Å². The van der Waals surface area contributed by atoms with Gasteiger partial charge in [-0.15, -0.1) is 0 Å². The van der Waals surface area contributed by atoms with Crippen molar-refractivity contribution in [3.63, 3.8) is 0 Å². The Morgan fingerprint density at radius 3 is 2.46 bits per heavy atom. The summed E-state index contributed by atoms with van der Waals surface area (Å²) in [4.78, 5) is 11.6. The molecule has 1 saturated carbocycles. The molecule has 0 aromatic heterocycles. The molecule has 0 radical (unpaired) electrons. The Morgan fingerprint density at radius 1 is 1.18 bits per heavy atom. The first-order valence-corrected chi connectivity index (χ1v) is 8.92. The van der Waals surface area contributed by atoms with E-state index in [4.69, 9.17) is 18.9 Å². The summed E-state index contributed by atoms with van der Waals surface area (Å²) < 4.78 is 21.7. The van der Waals surface area contributed by atoms with Crippen LogP contribution >= 0.6 is 0 Å². The maximum atomic E-state index is 11.6. The predicted molar refractivity (Wildman–Crippen MR) is 88.1 cm³/mol. The quantitative estimate of drug-likeness (QED) is 0.264. The number of carbonyl (C=O) groups excluding carboxylic acids is 1. The number of fused-ring (bicyclic) bond motifs is 1. The third-order valence-electron chi connectivity index (χ3n) is 5.60. The molecule has 0 amide bonds. The Kier molecular flexibility index (Phi) is 5.73. The van der Waals surface area contributed by atoms with Crippen molar-refractivity contribution in [3.05, 3.63) is 12.3 Å². The van der Waals surface area contributed by atoms with Crippen LogP contribution in [0.4, 0.5) is 0 Å². The SMILES string of the molecule is CC(=O)O[C@@]1(C)CC(O)C2(O)C=COC(O[C@@H]3O[C@H](CO)[C@@H](O)[C@H](O)[C@H]3O)C21. The van der Waals surface area contributed by atoms with Gasteiger partial charge in [0.05, 0.1) is 24.9 Å². The molecule has 2 aliphatic heterocycles. The lowest BCUT2D eigenvalue weighted by atomic mass is 9.81. The maximum Gasteiger partial charge on any atom is 0.303 e. The van der Waals surface area contributed by atoms with E-state index in [1.165, 1.54) is 19.9 Å². The van der Waals surface area contributed by atoms with E-state index in [-0.39, 0.29) is 6.42 Å². The van der Waals surface area contributed by atoms with Crippen LogP contribution in [0.5, 0.6) is 0 Å². The standard InChI is InChI=1S/C17H26O11/c1-7(19)28-16(2)5-9(20)17(24)3-4-25-15(13(16)17)27-14-12(23)11(22)10(21)8(6-18)26-14/h3-4,8-15,18,20-24H,5-6H2,1-2H3/t8-,9?,10-,11+,12-,13?,14+,15?,16+,17?/m1/s1. The van der Waals surface area contributed by atoms with Crippen LogP contribution in [0, 0.1) is 5.92 Å². The number of hydrogen-bond donors (Lipinski definition) is 6. The first-order valence-electron chi connectivity index (χ1n) is 8.92. The minimum Gasteiger partial charge on any atom is -0.472 e. The van der Waals surface area contributed by atoms with Gasteiger partial charge in [0.2, 0.25) is 6.29 Å². The van der Waals surface area contributed by atoms with Gasteiger partial charge in [-0.1, -0.05) is 0 Å². The highest BCUT2D eigenvalue weighted by Gasteiger charge is 2.66. The van der Waals surface area contributed by atoms with Crippen molar-refractivity contribution in [2.24, 2.45) is 5.92 Å². The molecule has 11 heteroatoms. The number of rotatable bonds is 4. The normalized spacial score (nSPS) is 50.7. The van der Waals surface area contributed by atoms with Gasteiger partial charge < -0.3 is 49.6 Å². The lowest BCUT2D eigenvalue weighted by Gasteiger charge is -2.45. The molecule has 1 saturated heterocycles. The molecule has 3 aliphatic rings. The number of ether oxygens (including phenoxy) is 4. The number of hydrogen-bond acceptors (Lipinski definition) is 11. The fourth-order valence-corrected chi connectivity index (χ4v) is 4.25. The summed E-state index contributed by atoms with van der Waals surface area (Å²) in [5.41, 5.74) is -3.22. The van der Waals surface area contributed by atoms with Crippen LogP contribution in [0.1, 0.15) is 20.3 Å². The Balaban J connectivity index is 1.87. The zero-order valence-electron chi connectivity index (χ0n) is 15.4. The highest BCUT2D eigenvalue weighted by atomic mass is 16.8. The monoisotopic (exact) mass is 406 g/mol. The molecular formula is C17H26O11. The second kappa shape index (κ2) is 7.50. The Hall–Kier alpha value is -1.31. The smallest absolute Gasteiger partial charge is 0.303 e. The van der Waals surface area contributed by atoms with Crippen molar-refractivity contribution in [1.29, 1.82) is 0 Å². The van der Waals surface area contributed by atoms with Crippen LogP contribution < -0.4 is 0 Å². The Morgan fingerprint density at radius 2 is 1.86 bits per heavy atom. The molecule has 1 aliphatic carbocycles. The van der Waals surface area contributed by atoms with Gasteiger partial charge in [0.1, 0.15) is 35.6 Å². The van der Waals surface area contributed by atoms with Crippen molar-refractivity contribution in [2.75, 3.05) is 6.61 Å². The minimum atomic E-state index is -1.85. The summed E-state index contributed by atoms with van der Waals surface area (Å²) in [6, 6.07) is 0. The zero-order chi connectivity index (χ0) is 20.9. The number of aliphatic hydroxyl groups is 6. The second-order valence-electron chi connectivity index (χ2n) is 7.63. The van der Waals surface area contributed by atoms with Gasteiger partial charge in [0.15, 0.2) is 6.29 Å². The third-order valence-corrected chi connectivity index (χ3v) is 5.60. The van der Waals surface area contributed by atoms with Crippen molar-refractivity contribution in [1.82, 2.24) is 0 Å². The lowest BCUT2D eigenvalue weighted by Crippen LogP contribution is -2.62. The van der Waals surface area contributed by atoms with E-state index >= 15 is 0 Å². The first-order chi connectivity index (χ1) is 13.0. The zero-order valence-corrected chi connectivity index (χ0v) is 15.4. The second-order valence-corrected chi connectivity index (χ2v) is 7.63. The third kappa shape index (κ3) is 3.42. The summed E-state index contributed by atoms with van der Waals surface area (Å²) in [5.74, 6) is -1.74. The van der Waals surface area contributed by atoms with E-state index in [0.717, 1.165) is 6.26 Å². The topological polar surface area (TPSA) is 175 Å². The molecule has 0 aromatic carbocycles. The van der Waals surface area contributed by atoms with Crippen LogP contribution in [0.25, 0.3) is 0 Å². The van der Waals surface area contributed by atoms with Gasteiger partial charge in [0.25, 0.3) is 0 Å². The van der Waals surface area contributed by atoms with E-state index in [1.54, 1.807) is 0 Å². The maximum absolute atomic E-state index is 11.6. The molecule has 0 spiro atoms. The molecule has 6 N–H and O–H groups in total. The average molecular weight is 406 g/mol. The van der Waals surface area contributed by atoms with E-state index in [1.807, 2.05) is 0 Å². The molecule has 11 nitrogen and oxygen atoms in total. The molecule has 28 heavy (non-hydrogen) atoms. The van der Waals surface area contributed by atoms with Crippen LogP contribution in [0.15, 0.2) is 12.3 Å². The van der Waals surface area contributed by atoms with Crippen molar-refractivity contribution in [2.45, 2.75) is 74.6 Å². The van der Waals surface area contributed by atoms with Crippen molar-refractivity contribution in [3.8, 4) is 0 Å². The molecule has 0 bridgehead atoms. The highest BCUT2D eigenvalue weighted by Crippen LogP contribution is 2.51. The predicted octanol–water partition coefficient (Wildman–Crippen LogP) is -2.89. The molecule has 4 unspecified atom stereocenters. The number of aliphatic hydroxyl groups excluding tert-OH is 5. The molecule has 2 fully saturated rings. The van der Waals surface area contributed by atoms with E-state index in [2.05, 4.69) is 0 Å². The van der Waals surface area contributed by atoms with Crippen LogP contribution in [-0.4, -0.2) is 97.5 Å². The Labute approximate surface area is 160 Å². The molecule has 10 atom stereocenters. The minimum absolute atomic E-state index is 0.101. The van der Waals surface area contributed by atoms with Crippen LogP contribution in [0.2, 0.25) is 0 Å². The summed E-state index contributed by atoms with van der Waals surface area (Å²) in [5, 5.41) is 60.6. The van der Waals surface area contributed by atoms with Gasteiger partial charge in [-0.2, -0.15) is 0 Å². The summed E-state index contributed by atoms with van der Waals surface area (Å²) in [7, 11) is 0. The molecule has 3 rings (SSSR count). The van der Waals surface area contributed by atoms with E-state index in [9.17, 15) is 35.4 Å². The molecule has 2 heterocycles. The van der Waals surface area contributed by atoms with Gasteiger partial charge in [-0.25, -0.2) is 0 Å². The summed E-state index contributed by atoms with van der Waals surface area (Å²) >= 11 is 0. The fourth-order valence-electron chi connectivity index (χ4n) is 4.25. The molecule has 0 aromatic rings. The van der Waals surface area contributed by atoms with Crippen LogP contribution in [0.3, 0.4) is 0 Å². The van der Waals surface area contributed by atoms with Crippen molar-refractivity contribution >= 4 is 5.97 Å². The fraction of sp³-hybridized carbons (Fsp3) is 0.824. The lowest BCUT2D eigenvalue weighted by molar-refractivity contribution is -0.351. The first kappa shape index (κ1) is 21.4. The summed E-state index contributed by atoms with van der Waals surface area (Å²) in [6.45, 7) is 2.04. The largest absolute Gasteiger partial charge is 0.472 e. The average Bonchev–Trinajstić information content (AvgIpc) is 2.81. The van der Waals surface area contributed by atoms with Gasteiger partial charge in [-0.3, -0.25) is 4.79 Å². The Bertz CT molecular complexity index is 624. The van der Waals surface area contributed by atoms with E-state index < -0.39 is 72.8 Å². The molecule has 160 valence electrons. The summed E-state index contributed by atoms with van der Waals surface area (Å²) in [6.07, 6.45) is -8.06. The van der Waals surface area contributed by atoms with Gasteiger partial charge in [0, 0.05) is 13.3 Å².